The molecule has 1 fully saturated rings. The minimum absolute atomic E-state index is 0.159. The zero-order valence-corrected chi connectivity index (χ0v) is 24.4. The van der Waals surface area contributed by atoms with Gasteiger partial charge in [0.05, 0.1) is 25.6 Å². The molecule has 0 amide bonds. The highest BCUT2D eigenvalue weighted by molar-refractivity contribution is 5.85. The minimum Gasteiger partial charge on any atom is -0.481 e. The van der Waals surface area contributed by atoms with Crippen molar-refractivity contribution in [3.8, 4) is 17.2 Å². The van der Waals surface area contributed by atoms with Crippen molar-refractivity contribution in [1.29, 1.82) is 0 Å². The fourth-order valence-electron chi connectivity index (χ4n) is 7.12. The van der Waals surface area contributed by atoms with E-state index in [0.717, 1.165) is 47.2 Å². The summed E-state index contributed by atoms with van der Waals surface area (Å²) in [5.74, 6) is 1.30. The summed E-state index contributed by atoms with van der Waals surface area (Å²) in [6.45, 7) is 3.83. The Morgan fingerprint density at radius 1 is 1.00 bits per heavy atom. The Morgan fingerprint density at radius 3 is 2.64 bits per heavy atom. The Balaban J connectivity index is 1.49. The number of furan rings is 1. The Morgan fingerprint density at radius 2 is 1.88 bits per heavy atom. The first kappa shape index (κ1) is 26.7. The van der Waals surface area contributed by atoms with Crippen LogP contribution in [-0.4, -0.2) is 42.9 Å². The Kier molecular flexibility index (Phi) is 6.72. The van der Waals surface area contributed by atoms with Crippen molar-refractivity contribution >= 4 is 10.9 Å². The zero-order valence-electron chi connectivity index (χ0n) is 24.4. The van der Waals surface area contributed by atoms with Crippen LogP contribution < -0.4 is 4.74 Å². The van der Waals surface area contributed by atoms with Crippen molar-refractivity contribution < 1.29 is 13.9 Å². The predicted molar refractivity (Wildman–Crippen MR) is 167 cm³/mol. The molecule has 5 heteroatoms. The van der Waals surface area contributed by atoms with Crippen molar-refractivity contribution in [1.82, 2.24) is 9.88 Å². The van der Waals surface area contributed by atoms with E-state index in [1.165, 1.54) is 16.7 Å². The van der Waals surface area contributed by atoms with Crippen molar-refractivity contribution in [2.24, 2.45) is 5.41 Å². The van der Waals surface area contributed by atoms with Crippen molar-refractivity contribution in [2.45, 2.75) is 31.3 Å². The molecule has 4 aromatic rings. The largest absolute Gasteiger partial charge is 0.481 e. The molecule has 3 unspecified atom stereocenters. The normalized spacial score (nSPS) is 24.6. The number of pyridine rings is 1. The number of fused-ring (bicyclic) bond motifs is 2. The monoisotopic (exact) mass is 556 g/mol. The van der Waals surface area contributed by atoms with Gasteiger partial charge in [-0.25, -0.2) is 4.98 Å². The number of aromatic nitrogens is 1. The van der Waals surface area contributed by atoms with Gasteiger partial charge in [0.15, 0.2) is 0 Å². The number of hydrogen-bond donors (Lipinski definition) is 0. The van der Waals surface area contributed by atoms with E-state index in [-0.39, 0.29) is 11.3 Å². The van der Waals surface area contributed by atoms with E-state index < -0.39 is 5.60 Å². The van der Waals surface area contributed by atoms with Gasteiger partial charge in [0.1, 0.15) is 11.4 Å². The summed E-state index contributed by atoms with van der Waals surface area (Å²) in [5, 5.41) is 1.04. The minimum atomic E-state index is -0.626. The molecule has 0 spiro atoms. The molecule has 2 aromatic heterocycles. The molecule has 0 bridgehead atoms. The van der Waals surface area contributed by atoms with Crippen molar-refractivity contribution in [2.75, 3.05) is 27.4 Å². The van der Waals surface area contributed by atoms with Gasteiger partial charge >= 0.3 is 0 Å². The van der Waals surface area contributed by atoms with Gasteiger partial charge in [-0.3, -0.25) is 4.90 Å². The van der Waals surface area contributed by atoms with E-state index in [0.29, 0.717) is 12.6 Å². The topological polar surface area (TPSA) is 47.7 Å². The van der Waals surface area contributed by atoms with Crippen LogP contribution >= 0.6 is 0 Å². The first-order valence-corrected chi connectivity index (χ1v) is 14.7. The fourth-order valence-corrected chi connectivity index (χ4v) is 7.12. The Hall–Kier alpha value is -4.19. The van der Waals surface area contributed by atoms with Crippen LogP contribution in [0.3, 0.4) is 0 Å². The van der Waals surface area contributed by atoms with Crippen LogP contribution in [-0.2, 0) is 4.74 Å². The summed E-state index contributed by atoms with van der Waals surface area (Å²) in [5.41, 5.74) is 5.92. The van der Waals surface area contributed by atoms with Crippen LogP contribution in [0, 0.1) is 5.41 Å². The van der Waals surface area contributed by atoms with Gasteiger partial charge in [-0.15, -0.1) is 0 Å². The third-order valence-electron chi connectivity index (χ3n) is 9.29. The average molecular weight is 557 g/mol. The predicted octanol–water partition coefficient (Wildman–Crippen LogP) is 8.07. The van der Waals surface area contributed by atoms with E-state index in [2.05, 4.69) is 97.8 Å². The molecule has 0 saturated carbocycles. The van der Waals surface area contributed by atoms with Crippen LogP contribution in [0.2, 0.25) is 0 Å². The van der Waals surface area contributed by atoms with Crippen LogP contribution in [0.4, 0.5) is 0 Å². The van der Waals surface area contributed by atoms with Crippen LogP contribution in [0.1, 0.15) is 36.8 Å². The highest BCUT2D eigenvalue weighted by Gasteiger charge is 2.54. The summed E-state index contributed by atoms with van der Waals surface area (Å²) in [6.07, 6.45) is 16.9. The molecular formula is C37H36N2O3. The number of benzene rings is 2. The third kappa shape index (κ3) is 4.36. The molecule has 3 heterocycles. The van der Waals surface area contributed by atoms with Gasteiger partial charge in [-0.2, -0.15) is 0 Å². The zero-order chi connectivity index (χ0) is 28.7. The van der Waals surface area contributed by atoms with Gasteiger partial charge in [-0.05, 0) is 73.0 Å². The smallest absolute Gasteiger partial charge is 0.217 e. The van der Waals surface area contributed by atoms with Crippen LogP contribution in [0.25, 0.3) is 22.2 Å². The summed E-state index contributed by atoms with van der Waals surface area (Å²) in [6, 6.07) is 23.2. The number of hydrogen-bond acceptors (Lipinski definition) is 5. The van der Waals surface area contributed by atoms with E-state index in [1.807, 2.05) is 24.3 Å². The molecule has 0 N–H and O–H groups in total. The van der Waals surface area contributed by atoms with Crippen LogP contribution in [0.15, 0.2) is 125 Å². The maximum Gasteiger partial charge on any atom is 0.217 e. The Labute approximate surface area is 247 Å². The second kappa shape index (κ2) is 10.6. The number of allylic oxidation sites excluding steroid dienone is 7. The van der Waals surface area contributed by atoms with E-state index >= 15 is 0 Å². The highest BCUT2D eigenvalue weighted by atomic mass is 16.5. The van der Waals surface area contributed by atoms with Gasteiger partial charge in [-0.1, -0.05) is 73.7 Å². The first-order valence-electron chi connectivity index (χ1n) is 14.7. The number of ether oxygens (including phenoxy) is 2. The second-order valence-electron chi connectivity index (χ2n) is 11.8. The van der Waals surface area contributed by atoms with Crippen molar-refractivity contribution in [3.63, 3.8) is 0 Å². The molecule has 1 aliphatic heterocycles. The second-order valence-corrected chi connectivity index (χ2v) is 11.8. The van der Waals surface area contributed by atoms with Crippen molar-refractivity contribution in [3.05, 3.63) is 132 Å². The maximum absolute atomic E-state index is 7.17. The van der Waals surface area contributed by atoms with Gasteiger partial charge in [0.25, 0.3) is 0 Å². The molecular weight excluding hydrogens is 520 g/mol. The SMILES string of the molecule is COc1nc2ccc(-c3ccco3)cc2cc1C(c1ccccc1)C1(C2=CC=CC3=CC=CCC32C)CCN(C)CO1. The van der Waals surface area contributed by atoms with Gasteiger partial charge < -0.3 is 13.9 Å². The molecule has 42 heavy (non-hydrogen) atoms. The molecule has 0 radical (unpaired) electrons. The third-order valence-corrected chi connectivity index (χ3v) is 9.29. The lowest BCUT2D eigenvalue weighted by Gasteiger charge is -2.53. The lowest BCUT2D eigenvalue weighted by molar-refractivity contribution is -0.124. The molecule has 7 rings (SSSR count). The summed E-state index contributed by atoms with van der Waals surface area (Å²) >= 11 is 0. The van der Waals surface area contributed by atoms with E-state index in [1.54, 1.807) is 13.4 Å². The molecule has 5 nitrogen and oxygen atoms in total. The number of methoxy groups -OCH3 is 1. The quantitative estimate of drug-likeness (QED) is 0.240. The maximum atomic E-state index is 7.17. The molecule has 2 aromatic carbocycles. The summed E-state index contributed by atoms with van der Waals surface area (Å²) in [4.78, 5) is 7.33. The highest BCUT2D eigenvalue weighted by Crippen LogP contribution is 2.57. The summed E-state index contributed by atoms with van der Waals surface area (Å²) in [7, 11) is 3.84. The molecule has 3 aliphatic rings. The number of nitrogens with zero attached hydrogens (tertiary/aromatic N) is 2. The summed E-state index contributed by atoms with van der Waals surface area (Å²) < 4.78 is 19.0. The van der Waals surface area contributed by atoms with Crippen LogP contribution in [0.5, 0.6) is 5.88 Å². The van der Waals surface area contributed by atoms with E-state index in [9.17, 15) is 0 Å². The lowest BCUT2D eigenvalue weighted by Crippen LogP contribution is -2.54. The standard InChI is InChI=1S/C37H36N2O3/c1-36-19-8-7-13-29(36)14-9-16-33(36)37(20-21-39(2)25-42-37)34(26-11-5-4-6-12-26)30-24-28-23-27(32-15-10-22-41-32)17-18-31(28)38-35(30)40-3/h4-18,22-24,34H,19-21,25H2,1-3H3. The molecule has 2 aliphatic carbocycles. The molecule has 1 saturated heterocycles. The first-order chi connectivity index (χ1) is 20.5. The van der Waals surface area contributed by atoms with Gasteiger partial charge in [0.2, 0.25) is 5.88 Å². The molecule has 3 atom stereocenters. The average Bonchev–Trinajstić information content (AvgIpc) is 3.57. The lowest BCUT2D eigenvalue weighted by atomic mass is 9.58. The van der Waals surface area contributed by atoms with Gasteiger partial charge in [0, 0.05) is 34.4 Å². The number of rotatable bonds is 6. The fraction of sp³-hybridized carbons (Fsp3) is 0.270. The Bertz CT molecular complexity index is 1720. The molecule has 212 valence electrons. The van der Waals surface area contributed by atoms with E-state index in [4.69, 9.17) is 18.9 Å².